The molecule has 0 heterocycles. The quantitative estimate of drug-likeness (QED) is 0.527. The Morgan fingerprint density at radius 2 is 1.67 bits per heavy atom. The fourth-order valence-electron chi connectivity index (χ4n) is 3.11. The molecule has 0 bridgehead atoms. The summed E-state index contributed by atoms with van der Waals surface area (Å²) in [5.74, 6) is 1.11. The van der Waals surface area contributed by atoms with Gasteiger partial charge in [0.15, 0.2) is 11.5 Å². The summed E-state index contributed by atoms with van der Waals surface area (Å²) >= 11 is 0. The van der Waals surface area contributed by atoms with E-state index in [1.54, 1.807) is 0 Å². The van der Waals surface area contributed by atoms with E-state index in [0.717, 1.165) is 18.4 Å². The first-order chi connectivity index (χ1) is 14.7. The number of carbonyl (C=O) groups is 2. The van der Waals surface area contributed by atoms with Gasteiger partial charge in [0.25, 0.3) is 0 Å². The van der Waals surface area contributed by atoms with Gasteiger partial charge in [-0.3, -0.25) is 9.59 Å². The highest BCUT2D eigenvalue weighted by atomic mass is 16.5. The molecule has 6 nitrogen and oxygen atoms in total. The lowest BCUT2D eigenvalue weighted by Crippen LogP contribution is -2.48. The average molecular weight is 411 g/mol. The van der Waals surface area contributed by atoms with Crippen molar-refractivity contribution in [1.29, 1.82) is 0 Å². The van der Waals surface area contributed by atoms with E-state index in [0.29, 0.717) is 44.0 Å². The molecule has 0 radical (unpaired) electrons. The smallest absolute Gasteiger partial charge is 0.243 e. The first-order valence-corrected chi connectivity index (χ1v) is 10.6. The number of hydrogen-bond donors (Lipinski definition) is 2. The molecule has 0 saturated heterocycles. The minimum atomic E-state index is -0.569. The number of hydrogen-bond acceptors (Lipinski definition) is 4. The highest BCUT2D eigenvalue weighted by Gasteiger charge is 2.28. The first kappa shape index (κ1) is 21.7. The third kappa shape index (κ3) is 7.10. The van der Waals surface area contributed by atoms with Gasteiger partial charge < -0.3 is 20.1 Å². The van der Waals surface area contributed by atoms with Crippen molar-refractivity contribution in [2.75, 3.05) is 13.2 Å². The van der Waals surface area contributed by atoms with Gasteiger partial charge in [-0.1, -0.05) is 42.5 Å². The summed E-state index contributed by atoms with van der Waals surface area (Å²) in [7, 11) is 0. The molecular formula is C24H30N2O4. The fourth-order valence-corrected chi connectivity index (χ4v) is 3.11. The second-order valence-corrected chi connectivity index (χ2v) is 7.42. The molecule has 2 amide bonds. The van der Waals surface area contributed by atoms with Crippen molar-refractivity contribution in [2.45, 2.75) is 51.1 Å². The van der Waals surface area contributed by atoms with Gasteiger partial charge in [-0.2, -0.15) is 0 Å². The van der Waals surface area contributed by atoms with Crippen molar-refractivity contribution in [3.8, 4) is 11.5 Å². The van der Waals surface area contributed by atoms with Crippen LogP contribution in [0.4, 0.5) is 0 Å². The van der Waals surface area contributed by atoms with E-state index in [-0.39, 0.29) is 17.9 Å². The van der Waals surface area contributed by atoms with Gasteiger partial charge >= 0.3 is 0 Å². The van der Waals surface area contributed by atoms with Gasteiger partial charge in [0.05, 0.1) is 13.2 Å². The molecule has 0 aromatic heterocycles. The Kier molecular flexibility index (Phi) is 8.12. The van der Waals surface area contributed by atoms with Crippen molar-refractivity contribution < 1.29 is 19.1 Å². The van der Waals surface area contributed by atoms with Gasteiger partial charge in [-0.05, 0) is 43.9 Å². The molecule has 1 fully saturated rings. The standard InChI is InChI=1S/C24H30N2O4/c1-2-29-21-11-6-7-12-22(21)30-16-8-13-23(27)26-20(24(28)25-19-14-15-19)17-18-9-4-3-5-10-18/h3-7,9-12,19-20H,2,8,13-17H2,1H3,(H,25,28)(H,26,27). The number of amides is 2. The average Bonchev–Trinajstić information content (AvgIpc) is 3.57. The number of benzene rings is 2. The summed E-state index contributed by atoms with van der Waals surface area (Å²) in [6.07, 6.45) is 3.34. The summed E-state index contributed by atoms with van der Waals surface area (Å²) in [6.45, 7) is 2.88. The van der Waals surface area contributed by atoms with Crippen molar-refractivity contribution >= 4 is 11.8 Å². The van der Waals surface area contributed by atoms with Gasteiger partial charge in [-0.25, -0.2) is 0 Å². The van der Waals surface area contributed by atoms with Crippen LogP contribution in [-0.2, 0) is 16.0 Å². The topological polar surface area (TPSA) is 76.7 Å². The first-order valence-electron chi connectivity index (χ1n) is 10.6. The molecule has 0 aliphatic heterocycles. The van der Waals surface area contributed by atoms with Crippen LogP contribution in [0.5, 0.6) is 11.5 Å². The minimum absolute atomic E-state index is 0.114. The summed E-state index contributed by atoms with van der Waals surface area (Å²) in [6, 6.07) is 16.9. The van der Waals surface area contributed by atoms with Crippen LogP contribution < -0.4 is 20.1 Å². The van der Waals surface area contributed by atoms with Crippen molar-refractivity contribution in [3.05, 3.63) is 60.2 Å². The largest absolute Gasteiger partial charge is 0.490 e. The lowest BCUT2D eigenvalue weighted by Gasteiger charge is -2.19. The van der Waals surface area contributed by atoms with Crippen LogP contribution in [0.2, 0.25) is 0 Å². The van der Waals surface area contributed by atoms with Crippen LogP contribution >= 0.6 is 0 Å². The van der Waals surface area contributed by atoms with E-state index in [2.05, 4.69) is 10.6 Å². The summed E-state index contributed by atoms with van der Waals surface area (Å²) in [5.41, 5.74) is 1.02. The molecule has 30 heavy (non-hydrogen) atoms. The number of nitrogens with one attached hydrogen (secondary N) is 2. The highest BCUT2D eigenvalue weighted by molar-refractivity contribution is 5.88. The molecule has 160 valence electrons. The van der Waals surface area contributed by atoms with Crippen LogP contribution in [-0.4, -0.2) is 37.1 Å². The molecular weight excluding hydrogens is 380 g/mol. The number of carbonyl (C=O) groups excluding carboxylic acids is 2. The van der Waals surface area contributed by atoms with Crippen LogP contribution in [0.1, 0.15) is 38.2 Å². The molecule has 1 aliphatic carbocycles. The Morgan fingerprint density at radius 3 is 2.33 bits per heavy atom. The monoisotopic (exact) mass is 410 g/mol. The van der Waals surface area contributed by atoms with Gasteiger partial charge in [0.1, 0.15) is 6.04 Å². The molecule has 3 rings (SSSR count). The lowest BCUT2D eigenvalue weighted by atomic mass is 10.0. The van der Waals surface area contributed by atoms with E-state index in [4.69, 9.17) is 9.47 Å². The van der Waals surface area contributed by atoms with Crippen LogP contribution in [0, 0.1) is 0 Å². The SMILES string of the molecule is CCOc1ccccc1OCCCC(=O)NC(Cc1ccccc1)C(=O)NC1CC1. The van der Waals surface area contributed by atoms with Gasteiger partial charge in [-0.15, -0.1) is 0 Å². The number of ether oxygens (including phenoxy) is 2. The maximum Gasteiger partial charge on any atom is 0.243 e. The van der Waals surface area contributed by atoms with Crippen LogP contribution in [0.3, 0.4) is 0 Å². The second-order valence-electron chi connectivity index (χ2n) is 7.42. The summed E-state index contributed by atoms with van der Waals surface area (Å²) in [4.78, 5) is 25.0. The van der Waals surface area contributed by atoms with Crippen molar-refractivity contribution in [2.24, 2.45) is 0 Å². The van der Waals surface area contributed by atoms with Crippen molar-refractivity contribution in [3.63, 3.8) is 0 Å². The van der Waals surface area contributed by atoms with E-state index >= 15 is 0 Å². The molecule has 1 aliphatic rings. The fraction of sp³-hybridized carbons (Fsp3) is 0.417. The zero-order chi connectivity index (χ0) is 21.2. The minimum Gasteiger partial charge on any atom is -0.490 e. The Balaban J connectivity index is 1.47. The Morgan fingerprint density at radius 1 is 1.00 bits per heavy atom. The van der Waals surface area contributed by atoms with E-state index < -0.39 is 6.04 Å². The van der Waals surface area contributed by atoms with E-state index in [1.165, 1.54) is 0 Å². The maximum absolute atomic E-state index is 12.6. The molecule has 0 spiro atoms. The van der Waals surface area contributed by atoms with Gasteiger partial charge in [0, 0.05) is 18.9 Å². The molecule has 1 atom stereocenters. The number of rotatable bonds is 12. The lowest BCUT2D eigenvalue weighted by molar-refractivity contribution is -0.129. The molecule has 1 saturated carbocycles. The summed E-state index contributed by atoms with van der Waals surface area (Å²) < 4.78 is 11.3. The molecule has 1 unspecified atom stereocenters. The Bertz CT molecular complexity index is 821. The normalized spacial score (nSPS) is 13.9. The van der Waals surface area contributed by atoms with E-state index in [1.807, 2.05) is 61.5 Å². The van der Waals surface area contributed by atoms with E-state index in [9.17, 15) is 9.59 Å². The summed E-state index contributed by atoms with van der Waals surface area (Å²) in [5, 5.41) is 5.89. The van der Waals surface area contributed by atoms with Crippen LogP contribution in [0.15, 0.2) is 54.6 Å². The third-order valence-corrected chi connectivity index (χ3v) is 4.81. The van der Waals surface area contributed by atoms with Crippen LogP contribution in [0.25, 0.3) is 0 Å². The molecule has 2 N–H and O–H groups in total. The molecule has 2 aromatic rings. The van der Waals surface area contributed by atoms with Crippen molar-refractivity contribution in [1.82, 2.24) is 10.6 Å². The predicted octanol–water partition coefficient (Wildman–Crippen LogP) is 3.25. The number of para-hydroxylation sites is 2. The van der Waals surface area contributed by atoms with Gasteiger partial charge in [0.2, 0.25) is 11.8 Å². The zero-order valence-electron chi connectivity index (χ0n) is 17.4. The second kappa shape index (κ2) is 11.2. The highest BCUT2D eigenvalue weighted by Crippen LogP contribution is 2.26. The molecule has 2 aromatic carbocycles. The third-order valence-electron chi connectivity index (χ3n) is 4.81. The predicted molar refractivity (Wildman–Crippen MR) is 116 cm³/mol. The Labute approximate surface area is 178 Å². The molecule has 6 heteroatoms. The Hall–Kier alpha value is -3.02. The maximum atomic E-state index is 12.6. The zero-order valence-corrected chi connectivity index (χ0v) is 17.4.